The number of rotatable bonds is 6. The number of nitrogen functional groups attached to an aromatic ring is 1. The maximum Gasteiger partial charge on any atom is 0.237 e. The standard InChI is InChI=1S/C21H22FN5OS/c1-13(20(28)24-17-10-9-14-6-4-7-15(14)11-17)29-21-26-25-19(27(21)23)12-16-5-2-3-8-18(16)22/h2-3,5,8-11,13H,4,6-7,12,23H2,1H3,(H,24,28)/t13-/m0/s1. The molecule has 0 spiro atoms. The molecule has 4 rings (SSSR count). The molecule has 8 heteroatoms. The third kappa shape index (κ3) is 4.27. The average molecular weight is 412 g/mol. The fourth-order valence-electron chi connectivity index (χ4n) is 3.43. The van der Waals surface area contributed by atoms with Crippen LogP contribution in [0.25, 0.3) is 0 Å². The molecule has 6 nitrogen and oxygen atoms in total. The number of hydrogen-bond acceptors (Lipinski definition) is 5. The van der Waals surface area contributed by atoms with Crippen LogP contribution in [0, 0.1) is 5.82 Å². The van der Waals surface area contributed by atoms with Crippen LogP contribution in [0.5, 0.6) is 0 Å². The molecular weight excluding hydrogens is 389 g/mol. The first-order valence-electron chi connectivity index (χ1n) is 9.53. The molecule has 0 radical (unpaired) electrons. The highest BCUT2D eigenvalue weighted by atomic mass is 32.2. The number of nitrogens with one attached hydrogen (secondary N) is 1. The van der Waals surface area contributed by atoms with Gasteiger partial charge in [0.1, 0.15) is 5.82 Å². The first-order chi connectivity index (χ1) is 14.0. The van der Waals surface area contributed by atoms with Crippen LogP contribution in [0.3, 0.4) is 0 Å². The van der Waals surface area contributed by atoms with Crippen LogP contribution < -0.4 is 11.2 Å². The second-order valence-corrected chi connectivity index (χ2v) is 8.43. The van der Waals surface area contributed by atoms with Crippen LogP contribution in [0.4, 0.5) is 10.1 Å². The molecule has 0 fully saturated rings. The van der Waals surface area contributed by atoms with E-state index < -0.39 is 5.25 Å². The molecule has 0 aliphatic heterocycles. The van der Waals surface area contributed by atoms with E-state index in [4.69, 9.17) is 5.84 Å². The quantitative estimate of drug-likeness (QED) is 0.480. The van der Waals surface area contributed by atoms with E-state index in [2.05, 4.69) is 27.6 Å². The molecule has 0 bridgehead atoms. The minimum absolute atomic E-state index is 0.133. The zero-order valence-corrected chi connectivity index (χ0v) is 16.9. The van der Waals surface area contributed by atoms with Crippen LogP contribution in [0.2, 0.25) is 0 Å². The highest BCUT2D eigenvalue weighted by Gasteiger charge is 2.21. The van der Waals surface area contributed by atoms with E-state index in [1.165, 1.54) is 40.1 Å². The van der Waals surface area contributed by atoms with Crippen molar-refractivity contribution in [2.75, 3.05) is 11.2 Å². The van der Waals surface area contributed by atoms with E-state index >= 15 is 0 Å². The van der Waals surface area contributed by atoms with E-state index in [1.54, 1.807) is 25.1 Å². The van der Waals surface area contributed by atoms with Gasteiger partial charge in [0.05, 0.1) is 5.25 Å². The zero-order valence-electron chi connectivity index (χ0n) is 16.1. The van der Waals surface area contributed by atoms with Gasteiger partial charge >= 0.3 is 0 Å². The Morgan fingerprint density at radius 3 is 2.86 bits per heavy atom. The summed E-state index contributed by atoms with van der Waals surface area (Å²) in [5, 5.41) is 11.1. The average Bonchev–Trinajstić information content (AvgIpc) is 3.31. The number of aromatic nitrogens is 3. The molecule has 150 valence electrons. The van der Waals surface area contributed by atoms with E-state index in [0.29, 0.717) is 16.5 Å². The Hall–Kier alpha value is -2.87. The number of nitrogens with zero attached hydrogens (tertiary/aromatic N) is 3. The molecule has 1 atom stereocenters. The summed E-state index contributed by atoms with van der Waals surface area (Å²) in [5.41, 5.74) is 3.97. The molecule has 2 aromatic carbocycles. The number of carbonyl (C=O) groups excluding carboxylic acids is 1. The third-order valence-corrected chi connectivity index (χ3v) is 6.12. The van der Waals surface area contributed by atoms with Crippen molar-refractivity contribution < 1.29 is 9.18 Å². The Bertz CT molecular complexity index is 1050. The lowest BCUT2D eigenvalue weighted by Crippen LogP contribution is -2.24. The van der Waals surface area contributed by atoms with Crippen LogP contribution in [-0.2, 0) is 24.1 Å². The minimum Gasteiger partial charge on any atom is -0.336 e. The molecular formula is C21H22FN5OS. The highest BCUT2D eigenvalue weighted by molar-refractivity contribution is 8.00. The molecule has 0 saturated heterocycles. The van der Waals surface area contributed by atoms with E-state index in [-0.39, 0.29) is 18.1 Å². The van der Waals surface area contributed by atoms with Gasteiger partial charge in [0.25, 0.3) is 0 Å². The van der Waals surface area contributed by atoms with Crippen molar-refractivity contribution in [1.82, 2.24) is 14.9 Å². The van der Waals surface area contributed by atoms with Gasteiger partial charge in [-0.05, 0) is 61.1 Å². The summed E-state index contributed by atoms with van der Waals surface area (Å²) in [5.74, 6) is 6.07. The first-order valence-corrected chi connectivity index (χ1v) is 10.4. The van der Waals surface area contributed by atoms with Gasteiger partial charge in [-0.2, -0.15) is 0 Å². The molecule has 3 N–H and O–H groups in total. The Morgan fingerprint density at radius 1 is 1.24 bits per heavy atom. The predicted octanol–water partition coefficient (Wildman–Crippen LogP) is 3.33. The Balaban J connectivity index is 1.40. The Labute approximate surface area is 172 Å². The van der Waals surface area contributed by atoms with Gasteiger partial charge < -0.3 is 11.2 Å². The molecule has 0 saturated carbocycles. The maximum absolute atomic E-state index is 13.9. The van der Waals surface area contributed by atoms with E-state index in [1.807, 2.05) is 6.07 Å². The lowest BCUT2D eigenvalue weighted by Gasteiger charge is -2.12. The van der Waals surface area contributed by atoms with Gasteiger partial charge in [0.15, 0.2) is 5.82 Å². The molecule has 1 aliphatic rings. The van der Waals surface area contributed by atoms with Crippen molar-refractivity contribution >= 4 is 23.4 Å². The van der Waals surface area contributed by atoms with Gasteiger partial charge in [0.2, 0.25) is 11.1 Å². The molecule has 3 aromatic rings. The van der Waals surface area contributed by atoms with E-state index in [9.17, 15) is 9.18 Å². The fourth-order valence-corrected chi connectivity index (χ4v) is 4.21. The van der Waals surface area contributed by atoms with Crippen molar-refractivity contribution in [3.05, 3.63) is 70.8 Å². The first kappa shape index (κ1) is 19.4. The van der Waals surface area contributed by atoms with Crippen LogP contribution in [0.1, 0.15) is 35.9 Å². The van der Waals surface area contributed by atoms with Gasteiger partial charge in [0, 0.05) is 12.1 Å². The molecule has 0 unspecified atom stereocenters. The number of carbonyl (C=O) groups is 1. The Kier molecular flexibility index (Phi) is 5.53. The van der Waals surface area contributed by atoms with Gasteiger partial charge in [-0.25, -0.2) is 9.07 Å². The summed E-state index contributed by atoms with van der Waals surface area (Å²) < 4.78 is 15.2. The summed E-state index contributed by atoms with van der Waals surface area (Å²) in [6.07, 6.45) is 3.56. The SMILES string of the molecule is C[C@H](Sc1nnc(Cc2ccccc2F)n1N)C(=O)Nc1ccc2c(c1)CCC2. The van der Waals surface area contributed by atoms with Crippen LogP contribution in [-0.4, -0.2) is 26.0 Å². The number of anilines is 1. The van der Waals surface area contributed by atoms with E-state index in [0.717, 1.165) is 18.5 Å². The molecule has 1 amide bonds. The predicted molar refractivity (Wildman–Crippen MR) is 112 cm³/mol. The number of hydrogen-bond donors (Lipinski definition) is 2. The van der Waals surface area contributed by atoms with Crippen LogP contribution >= 0.6 is 11.8 Å². The summed E-state index contributed by atoms with van der Waals surface area (Å²) in [4.78, 5) is 12.6. The normalized spacial score (nSPS) is 13.9. The number of nitrogens with two attached hydrogens (primary N) is 1. The number of amides is 1. The highest BCUT2D eigenvalue weighted by Crippen LogP contribution is 2.26. The summed E-state index contributed by atoms with van der Waals surface area (Å²) in [7, 11) is 0. The molecule has 1 aliphatic carbocycles. The second kappa shape index (κ2) is 8.24. The summed E-state index contributed by atoms with van der Waals surface area (Å²) >= 11 is 1.22. The number of halogens is 1. The van der Waals surface area contributed by atoms with Crippen molar-refractivity contribution in [1.29, 1.82) is 0 Å². The number of fused-ring (bicyclic) bond motifs is 1. The van der Waals surface area contributed by atoms with Crippen molar-refractivity contribution in [3.63, 3.8) is 0 Å². The van der Waals surface area contributed by atoms with Gasteiger partial charge in [-0.1, -0.05) is 36.0 Å². The second-order valence-electron chi connectivity index (χ2n) is 7.12. The fraction of sp³-hybridized carbons (Fsp3) is 0.286. The molecule has 1 heterocycles. The summed E-state index contributed by atoms with van der Waals surface area (Å²) in [6.45, 7) is 1.79. The lowest BCUT2D eigenvalue weighted by molar-refractivity contribution is -0.115. The van der Waals surface area contributed by atoms with Gasteiger partial charge in [-0.15, -0.1) is 10.2 Å². The zero-order chi connectivity index (χ0) is 20.4. The van der Waals surface area contributed by atoms with Gasteiger partial charge in [-0.3, -0.25) is 4.79 Å². The monoisotopic (exact) mass is 411 g/mol. The number of aryl methyl sites for hydroxylation is 2. The molecule has 29 heavy (non-hydrogen) atoms. The summed E-state index contributed by atoms with van der Waals surface area (Å²) in [6, 6.07) is 12.6. The number of benzene rings is 2. The maximum atomic E-state index is 13.9. The van der Waals surface area contributed by atoms with Crippen molar-refractivity contribution in [3.8, 4) is 0 Å². The third-order valence-electron chi connectivity index (χ3n) is 5.06. The lowest BCUT2D eigenvalue weighted by atomic mass is 10.1. The largest absolute Gasteiger partial charge is 0.336 e. The minimum atomic E-state index is -0.420. The Morgan fingerprint density at radius 2 is 2.03 bits per heavy atom. The van der Waals surface area contributed by atoms with Crippen molar-refractivity contribution in [2.24, 2.45) is 0 Å². The number of thioether (sulfide) groups is 1. The van der Waals surface area contributed by atoms with Crippen LogP contribution in [0.15, 0.2) is 47.6 Å². The van der Waals surface area contributed by atoms with Crippen molar-refractivity contribution in [2.45, 2.75) is 43.0 Å². The smallest absolute Gasteiger partial charge is 0.237 e. The molecule has 1 aromatic heterocycles. The topological polar surface area (TPSA) is 85.8 Å².